The zero-order valence-electron chi connectivity index (χ0n) is 13.9. The van der Waals surface area contributed by atoms with Crippen LogP contribution in [0, 0.1) is 0 Å². The van der Waals surface area contributed by atoms with Crippen LogP contribution in [0.1, 0.15) is 11.7 Å². The number of nitrogens with zero attached hydrogens (tertiary/aromatic N) is 3. The van der Waals surface area contributed by atoms with Crippen molar-refractivity contribution in [1.82, 2.24) is 14.1 Å². The molecular formula is C15H19N3O5S2. The van der Waals surface area contributed by atoms with Gasteiger partial charge in [-0.2, -0.15) is 9.40 Å². The van der Waals surface area contributed by atoms with Crippen molar-refractivity contribution in [2.75, 3.05) is 26.0 Å². The highest BCUT2D eigenvalue weighted by atomic mass is 32.2. The first kappa shape index (κ1) is 18.1. The number of aryl methyl sites for hydroxylation is 1. The van der Waals surface area contributed by atoms with Gasteiger partial charge in [-0.05, 0) is 18.2 Å². The Morgan fingerprint density at radius 2 is 1.92 bits per heavy atom. The highest BCUT2D eigenvalue weighted by molar-refractivity contribution is 7.91. The number of benzene rings is 1. The largest absolute Gasteiger partial charge is 0.371 e. The lowest BCUT2D eigenvalue weighted by Crippen LogP contribution is -2.42. The lowest BCUT2D eigenvalue weighted by Gasteiger charge is -2.31. The Bertz CT molecular complexity index is 982. The molecule has 0 saturated carbocycles. The second-order valence-electron chi connectivity index (χ2n) is 5.92. The fourth-order valence-electron chi connectivity index (χ4n) is 2.67. The summed E-state index contributed by atoms with van der Waals surface area (Å²) in [6, 6.07) is 5.41. The molecule has 0 radical (unpaired) electrons. The monoisotopic (exact) mass is 385 g/mol. The molecule has 136 valence electrons. The van der Waals surface area contributed by atoms with Gasteiger partial charge in [-0.15, -0.1) is 0 Å². The molecule has 25 heavy (non-hydrogen) atoms. The molecule has 8 nitrogen and oxygen atoms in total. The molecule has 0 spiro atoms. The standard InChI is InChI=1S/C15H19N3O5S2/c1-17-10-12(9-16-17)15-11-18(6-7-23-15)25(21,22)14-5-3-4-13(8-14)24(2,19)20/h3-5,8-10,15H,6-7,11H2,1-2H3/t15-/m0/s1. The fraction of sp³-hybridized carbons (Fsp3) is 0.400. The Hall–Kier alpha value is -1.75. The minimum atomic E-state index is -3.82. The number of sulfonamides is 1. The van der Waals surface area contributed by atoms with E-state index < -0.39 is 26.0 Å². The van der Waals surface area contributed by atoms with Crippen LogP contribution in [0.5, 0.6) is 0 Å². The van der Waals surface area contributed by atoms with Crippen LogP contribution in [0.25, 0.3) is 0 Å². The number of rotatable bonds is 4. The van der Waals surface area contributed by atoms with Crippen LogP contribution in [0.3, 0.4) is 0 Å². The first-order chi connectivity index (χ1) is 11.7. The molecule has 0 N–H and O–H groups in total. The van der Waals surface area contributed by atoms with Gasteiger partial charge in [0.2, 0.25) is 10.0 Å². The SMILES string of the molecule is Cn1cc([C@@H]2CN(S(=O)(=O)c3cccc(S(C)(=O)=O)c3)CCO2)cn1. The van der Waals surface area contributed by atoms with Gasteiger partial charge in [-0.1, -0.05) is 6.07 Å². The molecule has 1 saturated heterocycles. The third-order valence-electron chi connectivity index (χ3n) is 4.00. The maximum absolute atomic E-state index is 12.9. The molecule has 3 rings (SSSR count). The molecule has 1 atom stereocenters. The lowest BCUT2D eigenvalue weighted by atomic mass is 10.2. The first-order valence-corrected chi connectivity index (χ1v) is 10.9. The summed E-state index contributed by atoms with van der Waals surface area (Å²) >= 11 is 0. The van der Waals surface area contributed by atoms with Gasteiger partial charge in [0, 0.05) is 38.2 Å². The third kappa shape index (κ3) is 3.76. The number of hydrogen-bond donors (Lipinski definition) is 0. The van der Waals surface area contributed by atoms with Crippen LogP contribution in [-0.2, 0) is 31.6 Å². The van der Waals surface area contributed by atoms with Crippen molar-refractivity contribution in [3.05, 3.63) is 42.2 Å². The molecular weight excluding hydrogens is 366 g/mol. The zero-order chi connectivity index (χ0) is 18.2. The van der Waals surface area contributed by atoms with Crippen molar-refractivity contribution in [1.29, 1.82) is 0 Å². The summed E-state index contributed by atoms with van der Waals surface area (Å²) in [5.41, 5.74) is 0.798. The van der Waals surface area contributed by atoms with Crippen LogP contribution in [-0.4, -0.2) is 56.9 Å². The average molecular weight is 385 g/mol. The van der Waals surface area contributed by atoms with Gasteiger partial charge in [-0.3, -0.25) is 4.68 Å². The van der Waals surface area contributed by atoms with Gasteiger partial charge < -0.3 is 4.74 Å². The van der Waals surface area contributed by atoms with Crippen LogP contribution in [0.4, 0.5) is 0 Å². The summed E-state index contributed by atoms with van der Waals surface area (Å²) in [5, 5.41) is 4.08. The Labute approximate surface area is 147 Å². The maximum atomic E-state index is 12.9. The summed E-state index contributed by atoms with van der Waals surface area (Å²) < 4.78 is 57.8. The van der Waals surface area contributed by atoms with E-state index in [0.717, 1.165) is 11.8 Å². The van der Waals surface area contributed by atoms with Gasteiger partial charge in [0.05, 0.1) is 28.7 Å². The Balaban J connectivity index is 1.89. The molecule has 0 aliphatic carbocycles. The minimum absolute atomic E-state index is 0.0226. The van der Waals surface area contributed by atoms with E-state index in [2.05, 4.69) is 5.10 Å². The van der Waals surface area contributed by atoms with E-state index in [1.54, 1.807) is 24.1 Å². The smallest absolute Gasteiger partial charge is 0.243 e. The van der Waals surface area contributed by atoms with Gasteiger partial charge in [0.25, 0.3) is 0 Å². The average Bonchev–Trinajstić information content (AvgIpc) is 3.01. The molecule has 0 unspecified atom stereocenters. The summed E-state index contributed by atoms with van der Waals surface area (Å²) in [6.07, 6.45) is 4.07. The van der Waals surface area contributed by atoms with Gasteiger partial charge in [-0.25, -0.2) is 16.8 Å². The Kier molecular flexibility index (Phi) is 4.71. The molecule has 1 aromatic heterocycles. The molecule has 2 heterocycles. The van der Waals surface area contributed by atoms with E-state index in [0.29, 0.717) is 0 Å². The van der Waals surface area contributed by atoms with Gasteiger partial charge >= 0.3 is 0 Å². The van der Waals surface area contributed by atoms with Gasteiger partial charge in [0.1, 0.15) is 0 Å². The quantitative estimate of drug-likeness (QED) is 0.764. The first-order valence-electron chi connectivity index (χ1n) is 7.58. The van der Waals surface area contributed by atoms with E-state index in [1.165, 1.54) is 28.6 Å². The van der Waals surface area contributed by atoms with Crippen LogP contribution >= 0.6 is 0 Å². The van der Waals surface area contributed by atoms with Crippen LogP contribution in [0.15, 0.2) is 46.5 Å². The van der Waals surface area contributed by atoms with Crippen LogP contribution in [0.2, 0.25) is 0 Å². The van der Waals surface area contributed by atoms with E-state index in [9.17, 15) is 16.8 Å². The van der Waals surface area contributed by atoms with Crippen molar-refractivity contribution >= 4 is 19.9 Å². The number of ether oxygens (including phenoxy) is 1. The van der Waals surface area contributed by atoms with Crippen molar-refractivity contribution in [2.24, 2.45) is 7.05 Å². The molecule has 1 aliphatic heterocycles. The van der Waals surface area contributed by atoms with Crippen molar-refractivity contribution in [2.45, 2.75) is 15.9 Å². The topological polar surface area (TPSA) is 98.6 Å². The second kappa shape index (κ2) is 6.52. The van der Waals surface area contributed by atoms with E-state index in [1.807, 2.05) is 0 Å². The van der Waals surface area contributed by atoms with E-state index >= 15 is 0 Å². The number of morpholine rings is 1. The summed E-state index contributed by atoms with van der Waals surface area (Å²) in [6.45, 7) is 0.615. The summed E-state index contributed by atoms with van der Waals surface area (Å²) in [4.78, 5) is -0.0621. The number of hydrogen-bond acceptors (Lipinski definition) is 6. The lowest BCUT2D eigenvalue weighted by molar-refractivity contribution is -0.00259. The van der Waals surface area contributed by atoms with Crippen LogP contribution < -0.4 is 0 Å². The number of sulfone groups is 1. The molecule has 1 fully saturated rings. The van der Waals surface area contributed by atoms with Crippen molar-refractivity contribution in [3.63, 3.8) is 0 Å². The highest BCUT2D eigenvalue weighted by Gasteiger charge is 2.32. The summed E-state index contributed by atoms with van der Waals surface area (Å²) in [7, 11) is -5.53. The molecule has 10 heteroatoms. The van der Waals surface area contributed by atoms with E-state index in [4.69, 9.17) is 4.74 Å². The Morgan fingerprint density at radius 3 is 2.56 bits per heavy atom. The molecule has 0 amide bonds. The summed E-state index contributed by atoms with van der Waals surface area (Å²) in [5.74, 6) is 0. The normalized spacial score (nSPS) is 19.8. The molecule has 0 bridgehead atoms. The van der Waals surface area contributed by atoms with Crippen molar-refractivity contribution in [3.8, 4) is 0 Å². The predicted octanol–water partition coefficient (Wildman–Crippen LogP) is 0.586. The zero-order valence-corrected chi connectivity index (χ0v) is 15.5. The molecule has 2 aromatic rings. The number of aromatic nitrogens is 2. The fourth-order valence-corrected chi connectivity index (χ4v) is 4.88. The van der Waals surface area contributed by atoms with Crippen molar-refractivity contribution < 1.29 is 21.6 Å². The predicted molar refractivity (Wildman–Crippen MR) is 90.2 cm³/mol. The van der Waals surface area contributed by atoms with Gasteiger partial charge in [0.15, 0.2) is 9.84 Å². The molecule has 1 aromatic carbocycles. The third-order valence-corrected chi connectivity index (χ3v) is 6.97. The molecule has 1 aliphatic rings. The highest BCUT2D eigenvalue weighted by Crippen LogP contribution is 2.27. The maximum Gasteiger partial charge on any atom is 0.243 e. The minimum Gasteiger partial charge on any atom is -0.371 e. The Morgan fingerprint density at radius 1 is 1.20 bits per heavy atom. The second-order valence-corrected chi connectivity index (χ2v) is 9.87. The van der Waals surface area contributed by atoms with E-state index in [-0.39, 0.29) is 29.5 Å².